The third kappa shape index (κ3) is 6.97. The van der Waals surface area contributed by atoms with Crippen LogP contribution in [0.2, 0.25) is 0 Å². The first kappa shape index (κ1) is 21.4. The Morgan fingerprint density at radius 3 is 2.67 bits per heavy atom. The topological polar surface area (TPSA) is 89.9 Å². The molecule has 0 bridgehead atoms. The highest BCUT2D eigenvalue weighted by Crippen LogP contribution is 2.21. The number of thiophene rings is 1. The highest BCUT2D eigenvalue weighted by Gasteiger charge is 2.14. The van der Waals surface area contributed by atoms with Gasteiger partial charge in [0.25, 0.3) is 10.1 Å². The molecule has 0 radical (unpaired) electrons. The zero-order valence-electron chi connectivity index (χ0n) is 15.4. The third-order valence-electron chi connectivity index (χ3n) is 3.84. The Bertz CT molecular complexity index is 870. The summed E-state index contributed by atoms with van der Waals surface area (Å²) in [7, 11) is -3.69. The molecular weight excluding hydrogens is 388 g/mol. The minimum absolute atomic E-state index is 0.0702. The molecule has 1 aromatic heterocycles. The first-order valence-corrected chi connectivity index (χ1v) is 11.1. The van der Waals surface area contributed by atoms with E-state index in [2.05, 4.69) is 0 Å². The van der Waals surface area contributed by atoms with E-state index >= 15 is 0 Å². The molecule has 1 N–H and O–H groups in total. The summed E-state index contributed by atoms with van der Waals surface area (Å²) in [5.74, 6) is -0.513. The van der Waals surface area contributed by atoms with Crippen LogP contribution in [-0.4, -0.2) is 32.7 Å². The number of benzene rings is 1. The standard InChI is InChI=1S/C19H24O6S2/c1-3-24-19(21)18-10-9-16(26-18)6-4-5-11-25-27(22,23)13-15-8-7-14(2)17(20)12-15/h7-10,12,20H,3-6,11,13H2,1-2H3. The molecule has 0 fully saturated rings. The highest BCUT2D eigenvalue weighted by molar-refractivity contribution is 7.85. The van der Waals surface area contributed by atoms with Crippen molar-refractivity contribution in [1.29, 1.82) is 0 Å². The van der Waals surface area contributed by atoms with Gasteiger partial charge in [-0.05, 0) is 62.4 Å². The predicted molar refractivity (Wildman–Crippen MR) is 105 cm³/mol. The lowest BCUT2D eigenvalue weighted by molar-refractivity contribution is 0.0532. The minimum atomic E-state index is -3.69. The van der Waals surface area contributed by atoms with Gasteiger partial charge in [0, 0.05) is 4.88 Å². The largest absolute Gasteiger partial charge is 0.508 e. The number of aromatic hydroxyl groups is 1. The van der Waals surface area contributed by atoms with Crippen LogP contribution in [0.5, 0.6) is 5.75 Å². The molecule has 0 aliphatic carbocycles. The lowest BCUT2D eigenvalue weighted by Crippen LogP contribution is -2.10. The number of esters is 1. The van der Waals surface area contributed by atoms with Gasteiger partial charge in [-0.25, -0.2) is 4.79 Å². The fourth-order valence-corrected chi connectivity index (χ4v) is 4.39. The van der Waals surface area contributed by atoms with Crippen LogP contribution in [-0.2, 0) is 31.2 Å². The number of rotatable bonds is 10. The second-order valence-electron chi connectivity index (χ2n) is 6.09. The van der Waals surface area contributed by atoms with Crippen molar-refractivity contribution in [2.45, 2.75) is 38.9 Å². The van der Waals surface area contributed by atoms with Crippen LogP contribution in [0.15, 0.2) is 30.3 Å². The van der Waals surface area contributed by atoms with E-state index in [1.807, 2.05) is 6.07 Å². The van der Waals surface area contributed by atoms with Crippen LogP contribution in [0.25, 0.3) is 0 Å². The van der Waals surface area contributed by atoms with Gasteiger partial charge >= 0.3 is 5.97 Å². The average Bonchev–Trinajstić information content (AvgIpc) is 3.07. The van der Waals surface area contributed by atoms with Crippen LogP contribution in [0.3, 0.4) is 0 Å². The van der Waals surface area contributed by atoms with Gasteiger partial charge in [-0.1, -0.05) is 12.1 Å². The maximum Gasteiger partial charge on any atom is 0.348 e. The Morgan fingerprint density at radius 2 is 1.96 bits per heavy atom. The molecule has 1 heterocycles. The maximum absolute atomic E-state index is 12.0. The molecule has 0 atom stereocenters. The summed E-state index contributed by atoms with van der Waals surface area (Å²) in [5, 5.41) is 9.65. The summed E-state index contributed by atoms with van der Waals surface area (Å²) in [5.41, 5.74) is 1.18. The molecule has 27 heavy (non-hydrogen) atoms. The molecule has 0 saturated carbocycles. The number of phenols is 1. The van der Waals surface area contributed by atoms with Gasteiger partial charge in [-0.15, -0.1) is 11.3 Å². The number of phenolic OH excluding ortho intramolecular Hbond substituents is 1. The van der Waals surface area contributed by atoms with E-state index < -0.39 is 10.1 Å². The van der Waals surface area contributed by atoms with Crippen molar-refractivity contribution in [3.8, 4) is 5.75 Å². The molecule has 0 aliphatic heterocycles. The lowest BCUT2D eigenvalue weighted by atomic mass is 10.1. The first-order valence-electron chi connectivity index (χ1n) is 8.72. The van der Waals surface area contributed by atoms with Gasteiger partial charge in [-0.3, -0.25) is 4.18 Å². The van der Waals surface area contributed by atoms with Crippen molar-refractivity contribution >= 4 is 27.4 Å². The van der Waals surface area contributed by atoms with Crippen molar-refractivity contribution in [2.24, 2.45) is 0 Å². The predicted octanol–water partition coefficient (Wildman–Crippen LogP) is 3.81. The Morgan fingerprint density at radius 1 is 1.19 bits per heavy atom. The SMILES string of the molecule is CCOC(=O)c1ccc(CCCCOS(=O)(=O)Cc2ccc(C)c(O)c2)s1. The molecule has 8 heteroatoms. The zero-order chi connectivity index (χ0) is 19.9. The number of aryl methyl sites for hydroxylation is 2. The number of carbonyl (C=O) groups is 1. The minimum Gasteiger partial charge on any atom is -0.508 e. The summed E-state index contributed by atoms with van der Waals surface area (Å²) in [6, 6.07) is 8.40. The van der Waals surface area contributed by atoms with Crippen LogP contribution in [0.1, 0.15) is 45.4 Å². The second-order valence-corrected chi connectivity index (χ2v) is 8.90. The molecule has 2 rings (SSSR count). The smallest absolute Gasteiger partial charge is 0.348 e. The summed E-state index contributed by atoms with van der Waals surface area (Å²) in [4.78, 5) is 13.2. The van der Waals surface area contributed by atoms with E-state index in [0.29, 0.717) is 29.0 Å². The molecule has 0 spiro atoms. The molecule has 0 aliphatic rings. The van der Waals surface area contributed by atoms with E-state index in [-0.39, 0.29) is 24.1 Å². The van der Waals surface area contributed by atoms with Crippen molar-refractivity contribution < 1.29 is 27.2 Å². The number of carbonyl (C=O) groups excluding carboxylic acids is 1. The number of unbranched alkanes of at least 4 members (excludes halogenated alkanes) is 1. The second kappa shape index (κ2) is 9.87. The first-order chi connectivity index (χ1) is 12.8. The third-order valence-corrected chi connectivity index (χ3v) is 6.17. The van der Waals surface area contributed by atoms with Crippen LogP contribution >= 0.6 is 11.3 Å². The molecular formula is C19H24O6S2. The summed E-state index contributed by atoms with van der Waals surface area (Å²) >= 11 is 1.39. The molecule has 6 nitrogen and oxygen atoms in total. The van der Waals surface area contributed by atoms with Gasteiger partial charge in [0.05, 0.1) is 13.2 Å². The summed E-state index contributed by atoms with van der Waals surface area (Å²) < 4.78 is 34.0. The molecule has 0 unspecified atom stereocenters. The number of ether oxygens (including phenoxy) is 1. The van der Waals surface area contributed by atoms with Crippen molar-refractivity contribution in [3.63, 3.8) is 0 Å². The number of hydrogen-bond donors (Lipinski definition) is 1. The van der Waals surface area contributed by atoms with Gasteiger partial charge in [0.15, 0.2) is 0 Å². The fraction of sp³-hybridized carbons (Fsp3) is 0.421. The summed E-state index contributed by atoms with van der Waals surface area (Å²) in [6.45, 7) is 3.96. The molecule has 1 aromatic carbocycles. The van der Waals surface area contributed by atoms with E-state index in [1.54, 1.807) is 32.0 Å². The van der Waals surface area contributed by atoms with Crippen LogP contribution in [0.4, 0.5) is 0 Å². The van der Waals surface area contributed by atoms with Crippen molar-refractivity contribution in [1.82, 2.24) is 0 Å². The monoisotopic (exact) mass is 412 g/mol. The van der Waals surface area contributed by atoms with Gasteiger partial charge in [0.1, 0.15) is 16.4 Å². The van der Waals surface area contributed by atoms with Crippen LogP contribution < -0.4 is 0 Å². The maximum atomic E-state index is 12.0. The van der Waals surface area contributed by atoms with E-state index in [9.17, 15) is 18.3 Å². The van der Waals surface area contributed by atoms with Gasteiger partial charge in [0.2, 0.25) is 0 Å². The molecule has 0 saturated heterocycles. The fourth-order valence-electron chi connectivity index (χ4n) is 2.40. The molecule has 148 valence electrons. The Balaban J connectivity index is 1.72. The quantitative estimate of drug-likeness (QED) is 0.363. The van der Waals surface area contributed by atoms with Crippen molar-refractivity contribution in [3.05, 3.63) is 51.2 Å². The van der Waals surface area contributed by atoms with E-state index in [0.717, 1.165) is 17.7 Å². The molecule has 2 aromatic rings. The zero-order valence-corrected chi connectivity index (χ0v) is 17.1. The van der Waals surface area contributed by atoms with Crippen molar-refractivity contribution in [2.75, 3.05) is 13.2 Å². The lowest BCUT2D eigenvalue weighted by Gasteiger charge is -2.07. The van der Waals surface area contributed by atoms with Crippen LogP contribution in [0, 0.1) is 6.92 Å². The van der Waals surface area contributed by atoms with E-state index in [1.165, 1.54) is 17.4 Å². The molecule has 0 amide bonds. The van der Waals surface area contributed by atoms with Gasteiger partial charge < -0.3 is 9.84 Å². The normalized spacial score (nSPS) is 11.5. The Labute approximate surface area is 163 Å². The van der Waals surface area contributed by atoms with E-state index in [4.69, 9.17) is 8.92 Å². The van der Waals surface area contributed by atoms with Gasteiger partial charge in [-0.2, -0.15) is 8.42 Å². The average molecular weight is 413 g/mol. The highest BCUT2D eigenvalue weighted by atomic mass is 32.2. The Kier molecular flexibility index (Phi) is 7.82. The summed E-state index contributed by atoms with van der Waals surface area (Å²) in [6.07, 6.45) is 2.09. The number of hydrogen-bond acceptors (Lipinski definition) is 7. The Hall–Kier alpha value is -1.90.